The Morgan fingerprint density at radius 1 is 1.23 bits per heavy atom. The minimum Gasteiger partial charge on any atom is -0.378 e. The van der Waals surface area contributed by atoms with Crippen LogP contribution in [0.4, 0.5) is 11.4 Å². The fourth-order valence-electron chi connectivity index (χ4n) is 4.54. The van der Waals surface area contributed by atoms with Crippen molar-refractivity contribution in [2.75, 3.05) is 49.3 Å². The van der Waals surface area contributed by atoms with E-state index in [4.69, 9.17) is 4.74 Å². The molecule has 162 valence electrons. The van der Waals surface area contributed by atoms with Crippen LogP contribution in [-0.4, -0.2) is 58.1 Å². The molecular weight excluding hydrogens is 414 g/mol. The van der Waals surface area contributed by atoms with Crippen LogP contribution in [0.3, 0.4) is 0 Å². The number of ether oxygens (including phenoxy) is 1. The van der Waals surface area contributed by atoms with Gasteiger partial charge in [0.1, 0.15) is 0 Å². The van der Waals surface area contributed by atoms with Crippen molar-refractivity contribution >= 4 is 26.3 Å². The molecule has 0 saturated carbocycles. The average Bonchev–Trinajstić information content (AvgIpc) is 3.19. The molecule has 4 aliphatic rings. The third-order valence-electron chi connectivity index (χ3n) is 6.26. The van der Waals surface area contributed by atoms with Gasteiger partial charge in [0, 0.05) is 36.4 Å². The van der Waals surface area contributed by atoms with E-state index in [0.29, 0.717) is 12.2 Å². The van der Waals surface area contributed by atoms with E-state index < -0.39 is 15.4 Å². The molecule has 0 aromatic heterocycles. The molecule has 1 aromatic carbocycles. The van der Waals surface area contributed by atoms with Crippen molar-refractivity contribution in [3.05, 3.63) is 59.5 Å². The number of rotatable bonds is 3. The quantitative estimate of drug-likeness (QED) is 0.781. The lowest BCUT2D eigenvalue weighted by Gasteiger charge is -2.36. The molecule has 1 spiro atoms. The van der Waals surface area contributed by atoms with Crippen molar-refractivity contribution in [2.45, 2.75) is 12.5 Å². The fourth-order valence-corrected chi connectivity index (χ4v) is 5.12. The van der Waals surface area contributed by atoms with Crippen molar-refractivity contribution in [1.29, 1.82) is 0 Å². The highest BCUT2D eigenvalue weighted by atomic mass is 32.2. The number of allylic oxidation sites excluding steroid dienone is 2. The van der Waals surface area contributed by atoms with Crippen LogP contribution in [0.15, 0.2) is 69.1 Å². The number of nitrogens with zero attached hydrogens (tertiary/aromatic N) is 4. The maximum Gasteiger partial charge on any atom is 0.192 e. The van der Waals surface area contributed by atoms with Crippen molar-refractivity contribution in [3.8, 4) is 0 Å². The van der Waals surface area contributed by atoms with Crippen molar-refractivity contribution in [3.63, 3.8) is 0 Å². The number of nitrogens with one attached hydrogen (secondary N) is 1. The SMILES string of the molecule is Cc1c(NC2=CC=C3N=C(S(C)(=O)=O)C=CC34N=NCC24)cccc1N1CCOCC1. The van der Waals surface area contributed by atoms with Gasteiger partial charge in [-0.1, -0.05) is 6.07 Å². The lowest BCUT2D eigenvalue weighted by atomic mass is 9.76. The normalized spacial score (nSPS) is 27.2. The largest absolute Gasteiger partial charge is 0.378 e. The lowest BCUT2D eigenvalue weighted by molar-refractivity contribution is 0.122. The number of aliphatic imine (C=N–C) groups is 1. The van der Waals surface area contributed by atoms with Crippen molar-refractivity contribution in [1.82, 2.24) is 0 Å². The zero-order valence-corrected chi connectivity index (χ0v) is 18.4. The number of dihydropyridines is 1. The Kier molecular flexibility index (Phi) is 4.82. The van der Waals surface area contributed by atoms with Crippen LogP contribution in [0.25, 0.3) is 0 Å². The van der Waals surface area contributed by atoms with Crippen LogP contribution in [0.2, 0.25) is 0 Å². The number of hydrogen-bond acceptors (Lipinski definition) is 8. The fraction of sp³-hybridized carbons (Fsp3) is 0.409. The number of anilines is 2. The Morgan fingerprint density at radius 2 is 2.03 bits per heavy atom. The maximum absolute atomic E-state index is 12.0. The van der Waals surface area contributed by atoms with Crippen LogP contribution >= 0.6 is 0 Å². The molecular formula is C22H25N5O3S. The molecule has 2 atom stereocenters. The summed E-state index contributed by atoms with van der Waals surface area (Å²) in [5.41, 5.74) is 4.29. The molecule has 31 heavy (non-hydrogen) atoms. The molecule has 5 rings (SSSR count). The maximum atomic E-state index is 12.0. The van der Waals surface area contributed by atoms with Crippen molar-refractivity contribution in [2.24, 2.45) is 21.1 Å². The van der Waals surface area contributed by atoms with Gasteiger partial charge in [-0.3, -0.25) is 0 Å². The molecule has 0 bridgehead atoms. The van der Waals surface area contributed by atoms with Crippen molar-refractivity contribution < 1.29 is 13.2 Å². The minimum atomic E-state index is -3.39. The first-order valence-corrected chi connectivity index (χ1v) is 12.3. The van der Waals surface area contributed by atoms with Crippen LogP contribution in [0.5, 0.6) is 0 Å². The summed E-state index contributed by atoms with van der Waals surface area (Å²) in [6.45, 7) is 5.90. The summed E-state index contributed by atoms with van der Waals surface area (Å²) in [4.78, 5) is 6.75. The molecule has 1 aromatic rings. The average molecular weight is 440 g/mol. The number of sulfone groups is 1. The van der Waals surface area contributed by atoms with E-state index in [1.807, 2.05) is 18.2 Å². The lowest BCUT2D eigenvalue weighted by Crippen LogP contribution is -2.41. The Hall–Kier alpha value is -2.78. The van der Waals surface area contributed by atoms with E-state index in [0.717, 1.165) is 43.9 Å². The van der Waals surface area contributed by atoms with E-state index in [9.17, 15) is 8.42 Å². The highest BCUT2D eigenvalue weighted by Crippen LogP contribution is 2.46. The van der Waals surface area contributed by atoms with Crippen LogP contribution in [0, 0.1) is 12.8 Å². The summed E-state index contributed by atoms with van der Waals surface area (Å²) < 4.78 is 29.4. The Balaban J connectivity index is 1.48. The highest BCUT2D eigenvalue weighted by molar-refractivity contribution is 8.06. The van der Waals surface area contributed by atoms with E-state index >= 15 is 0 Å². The predicted octanol–water partition coefficient (Wildman–Crippen LogP) is 2.86. The first-order valence-electron chi connectivity index (χ1n) is 10.4. The molecule has 3 aliphatic heterocycles. The van der Waals surface area contributed by atoms with Crippen LogP contribution in [-0.2, 0) is 14.6 Å². The topological polar surface area (TPSA) is 95.7 Å². The molecule has 3 heterocycles. The van der Waals surface area contributed by atoms with Gasteiger partial charge in [-0.15, -0.1) is 0 Å². The number of azo groups is 1. The zero-order chi connectivity index (χ0) is 21.6. The van der Waals surface area contributed by atoms with E-state index in [-0.39, 0.29) is 11.0 Å². The summed E-state index contributed by atoms with van der Waals surface area (Å²) in [6.07, 6.45) is 8.36. The van der Waals surface area contributed by atoms with Gasteiger partial charge in [-0.25, -0.2) is 13.4 Å². The molecule has 0 amide bonds. The Morgan fingerprint density at radius 3 is 2.81 bits per heavy atom. The van der Waals surface area contributed by atoms with E-state index in [1.54, 1.807) is 6.08 Å². The van der Waals surface area contributed by atoms with Gasteiger partial charge in [0.05, 0.1) is 31.4 Å². The second-order valence-electron chi connectivity index (χ2n) is 8.21. The molecule has 1 saturated heterocycles. The van der Waals surface area contributed by atoms with Gasteiger partial charge in [-0.2, -0.15) is 10.2 Å². The standard InChI is InChI=1S/C22H25N5O3S/c1-15-17(4-3-5-19(15)27-10-12-30-13-11-27)24-18-6-7-20-22(16(18)14-23-26-22)9-8-21(25-20)31(2,28)29/h3-9,16,24H,10-14H2,1-2H3. The summed E-state index contributed by atoms with van der Waals surface area (Å²) in [7, 11) is -3.39. The molecule has 1 fully saturated rings. The van der Waals surface area contributed by atoms with E-state index in [2.05, 4.69) is 50.6 Å². The highest BCUT2D eigenvalue weighted by Gasteiger charge is 2.49. The smallest absolute Gasteiger partial charge is 0.192 e. The summed E-state index contributed by atoms with van der Waals surface area (Å²) in [6, 6.07) is 6.28. The van der Waals surface area contributed by atoms with E-state index in [1.165, 1.54) is 11.3 Å². The van der Waals surface area contributed by atoms with Gasteiger partial charge in [-0.05, 0) is 48.9 Å². The van der Waals surface area contributed by atoms with Crippen LogP contribution in [0.1, 0.15) is 5.56 Å². The van der Waals surface area contributed by atoms with Gasteiger partial charge < -0.3 is 15.0 Å². The minimum absolute atomic E-state index is 0.0555. The molecule has 0 radical (unpaired) electrons. The zero-order valence-electron chi connectivity index (χ0n) is 17.6. The number of morpholine rings is 1. The monoisotopic (exact) mass is 439 g/mol. The molecule has 9 heteroatoms. The molecule has 2 unspecified atom stereocenters. The first-order chi connectivity index (χ1) is 14.9. The second-order valence-corrected chi connectivity index (χ2v) is 10.2. The van der Waals surface area contributed by atoms with Gasteiger partial charge >= 0.3 is 0 Å². The summed E-state index contributed by atoms with van der Waals surface area (Å²) >= 11 is 0. The first kappa shape index (κ1) is 20.1. The van der Waals surface area contributed by atoms with Gasteiger partial charge in [0.15, 0.2) is 20.4 Å². The molecule has 8 nitrogen and oxygen atoms in total. The second kappa shape index (κ2) is 7.42. The van der Waals surface area contributed by atoms with Gasteiger partial charge in [0.25, 0.3) is 0 Å². The van der Waals surface area contributed by atoms with Crippen LogP contribution < -0.4 is 10.2 Å². The third-order valence-corrected chi connectivity index (χ3v) is 7.25. The summed E-state index contributed by atoms with van der Waals surface area (Å²) in [5.74, 6) is -0.0555. The van der Waals surface area contributed by atoms with Gasteiger partial charge in [0.2, 0.25) is 0 Å². The summed E-state index contributed by atoms with van der Waals surface area (Å²) in [5, 5.41) is 12.5. The predicted molar refractivity (Wildman–Crippen MR) is 121 cm³/mol. The number of hydrogen-bond donors (Lipinski definition) is 1. The Labute approximate surface area is 182 Å². The molecule has 1 N–H and O–H groups in total. The third kappa shape index (κ3) is 3.41. The molecule has 1 aliphatic carbocycles. The Bertz CT molecular complexity index is 1180. The number of benzene rings is 1.